The predicted molar refractivity (Wildman–Crippen MR) is 118 cm³/mol. The third-order valence-corrected chi connectivity index (χ3v) is 5.60. The second-order valence-electron chi connectivity index (χ2n) is 7.03. The number of nitrogens with two attached hydrogens (primary N) is 1. The van der Waals surface area contributed by atoms with Crippen LogP contribution in [0, 0.1) is 20.8 Å². The van der Waals surface area contributed by atoms with Gasteiger partial charge in [-0.25, -0.2) is 0 Å². The van der Waals surface area contributed by atoms with Crippen LogP contribution in [0.3, 0.4) is 0 Å². The number of carbonyl (C=O) groups is 2. The number of rotatable bonds is 8. The fourth-order valence-electron chi connectivity index (χ4n) is 3.31. The molecule has 0 aliphatic heterocycles. The number of nitrogens with one attached hydrogen (secondary N) is 1. The van der Waals surface area contributed by atoms with Gasteiger partial charge in [-0.2, -0.15) is 5.26 Å². The molecule has 1 saturated carbocycles. The molecule has 0 heterocycles. The van der Waals surface area contributed by atoms with Crippen molar-refractivity contribution in [2.24, 2.45) is 11.7 Å². The van der Waals surface area contributed by atoms with Crippen molar-refractivity contribution in [2.45, 2.75) is 45.6 Å². The van der Waals surface area contributed by atoms with Crippen molar-refractivity contribution in [1.29, 1.82) is 5.26 Å². The number of ether oxygens (including phenoxy) is 2. The molecule has 1 aromatic carbocycles. The molecule has 2 atom stereocenters. The van der Waals surface area contributed by atoms with Crippen LogP contribution in [0.1, 0.15) is 45.1 Å². The quantitative estimate of drug-likeness (QED) is 0.316. The molecule has 1 aliphatic carbocycles. The Morgan fingerprint density at radius 3 is 2.69 bits per heavy atom. The number of benzene rings is 1. The summed E-state index contributed by atoms with van der Waals surface area (Å²) in [4.78, 5) is 23.7. The maximum Gasteiger partial charge on any atom is 0.262 e. The van der Waals surface area contributed by atoms with Crippen molar-refractivity contribution < 1.29 is 19.1 Å². The van der Waals surface area contributed by atoms with Gasteiger partial charge in [-0.1, -0.05) is 19.8 Å². The van der Waals surface area contributed by atoms with Crippen LogP contribution < -0.4 is 20.5 Å². The van der Waals surface area contributed by atoms with Crippen molar-refractivity contribution in [3.8, 4) is 17.6 Å². The van der Waals surface area contributed by atoms with E-state index in [4.69, 9.17) is 15.2 Å². The fourth-order valence-corrected chi connectivity index (χ4v) is 4.09. The Labute approximate surface area is 184 Å². The van der Waals surface area contributed by atoms with Gasteiger partial charge in [0.05, 0.1) is 10.2 Å². The summed E-state index contributed by atoms with van der Waals surface area (Å²) in [6, 6.07) is 5.52. The first kappa shape index (κ1) is 23.0. The molecule has 1 aliphatic rings. The Hall–Kier alpha value is -2.28. The van der Waals surface area contributed by atoms with Crippen LogP contribution in [0.2, 0.25) is 0 Å². The fraction of sp³-hybridized carbons (Fsp3) is 0.476. The average molecular weight is 511 g/mol. The lowest BCUT2D eigenvalue weighted by Crippen LogP contribution is -2.41. The van der Waals surface area contributed by atoms with Crippen molar-refractivity contribution >= 4 is 40.5 Å². The van der Waals surface area contributed by atoms with Gasteiger partial charge in [0.1, 0.15) is 11.6 Å². The molecule has 2 amide bonds. The zero-order chi connectivity index (χ0) is 21.4. The highest BCUT2D eigenvalue weighted by molar-refractivity contribution is 14.1. The monoisotopic (exact) mass is 511 g/mol. The van der Waals surface area contributed by atoms with E-state index in [0.29, 0.717) is 33.2 Å². The summed E-state index contributed by atoms with van der Waals surface area (Å²) in [5.74, 6) is 0.272. The molecule has 0 bridgehead atoms. The molecule has 0 radical (unpaired) electrons. The van der Waals surface area contributed by atoms with E-state index in [-0.39, 0.29) is 24.1 Å². The normalized spacial score (nSPS) is 19.2. The third kappa shape index (κ3) is 6.63. The summed E-state index contributed by atoms with van der Waals surface area (Å²) >= 11 is 2.05. The number of halogens is 1. The van der Waals surface area contributed by atoms with Gasteiger partial charge in [-0.15, -0.1) is 0 Å². The van der Waals surface area contributed by atoms with Gasteiger partial charge in [0.2, 0.25) is 0 Å². The highest BCUT2D eigenvalue weighted by atomic mass is 127. The molecule has 0 unspecified atom stereocenters. The van der Waals surface area contributed by atoms with Crippen molar-refractivity contribution in [1.82, 2.24) is 5.32 Å². The van der Waals surface area contributed by atoms with Gasteiger partial charge in [-0.05, 0) is 72.0 Å². The standard InChI is InChI=1S/C21H26IN3O4/c1-3-28-18-10-14(9-16(22)20(18)29-12-19(24)26)8-15(11-23)21(27)25-17-7-5-4-6-13(17)2/h8-10,13,17H,3-7,12H2,1-2H3,(H2,24,26)(H,25,27)/b15-8+/t13-,17-/m0/s1. The molecule has 156 valence electrons. The lowest BCUT2D eigenvalue weighted by molar-refractivity contribution is -0.120. The number of hydrogen-bond donors (Lipinski definition) is 2. The van der Waals surface area contributed by atoms with E-state index in [0.717, 1.165) is 19.3 Å². The highest BCUT2D eigenvalue weighted by Gasteiger charge is 2.24. The van der Waals surface area contributed by atoms with Gasteiger partial charge >= 0.3 is 0 Å². The van der Waals surface area contributed by atoms with Gasteiger partial charge in [0.15, 0.2) is 18.1 Å². The maximum atomic E-state index is 12.6. The van der Waals surface area contributed by atoms with Gasteiger partial charge in [0, 0.05) is 6.04 Å². The summed E-state index contributed by atoms with van der Waals surface area (Å²) in [6.07, 6.45) is 5.81. The van der Waals surface area contributed by atoms with Crippen LogP contribution in [-0.2, 0) is 9.59 Å². The minimum atomic E-state index is -0.590. The average Bonchev–Trinajstić information content (AvgIpc) is 2.67. The lowest BCUT2D eigenvalue weighted by Gasteiger charge is -2.29. The number of nitrogens with zero attached hydrogens (tertiary/aromatic N) is 1. The summed E-state index contributed by atoms with van der Waals surface area (Å²) in [5, 5.41) is 12.5. The molecule has 1 fully saturated rings. The summed E-state index contributed by atoms with van der Waals surface area (Å²) < 4.78 is 11.7. The Morgan fingerprint density at radius 2 is 2.07 bits per heavy atom. The lowest BCUT2D eigenvalue weighted by atomic mass is 9.86. The van der Waals surface area contributed by atoms with Crippen molar-refractivity contribution in [2.75, 3.05) is 13.2 Å². The molecule has 1 aromatic rings. The van der Waals surface area contributed by atoms with Gasteiger partial charge in [-0.3, -0.25) is 9.59 Å². The first-order valence-electron chi connectivity index (χ1n) is 9.65. The van der Waals surface area contributed by atoms with Crippen LogP contribution in [0.15, 0.2) is 17.7 Å². The minimum absolute atomic E-state index is 0.0341. The second-order valence-corrected chi connectivity index (χ2v) is 8.19. The molecule has 8 heteroatoms. The van der Waals surface area contributed by atoms with Crippen LogP contribution in [0.4, 0.5) is 0 Å². The van der Waals surface area contributed by atoms with Crippen molar-refractivity contribution in [3.63, 3.8) is 0 Å². The van der Waals surface area contributed by atoms with Crippen LogP contribution in [0.5, 0.6) is 11.5 Å². The van der Waals surface area contributed by atoms with Gasteiger partial charge in [0.25, 0.3) is 11.8 Å². The number of primary amides is 1. The number of hydrogen-bond acceptors (Lipinski definition) is 5. The van der Waals surface area contributed by atoms with E-state index >= 15 is 0 Å². The van der Waals surface area contributed by atoms with Crippen molar-refractivity contribution in [3.05, 3.63) is 26.8 Å². The smallest absolute Gasteiger partial charge is 0.262 e. The number of nitriles is 1. The van der Waals surface area contributed by atoms with E-state index in [1.165, 1.54) is 12.5 Å². The van der Waals surface area contributed by atoms with E-state index in [1.807, 2.05) is 13.0 Å². The zero-order valence-corrected chi connectivity index (χ0v) is 18.8. The number of amides is 2. The molecule has 0 spiro atoms. The molecular weight excluding hydrogens is 485 g/mol. The second kappa shape index (κ2) is 11.0. The molecule has 7 nitrogen and oxygen atoms in total. The van der Waals surface area contributed by atoms with E-state index in [9.17, 15) is 14.9 Å². The van der Waals surface area contributed by atoms with E-state index in [2.05, 4.69) is 34.8 Å². The SMILES string of the molecule is CCOc1cc(/C=C(\C#N)C(=O)N[C@H]2CCCC[C@@H]2C)cc(I)c1OCC(N)=O. The minimum Gasteiger partial charge on any atom is -0.490 e. The zero-order valence-electron chi connectivity index (χ0n) is 16.7. The summed E-state index contributed by atoms with van der Waals surface area (Å²) in [6.45, 7) is 4.08. The molecular formula is C21H26IN3O4. The largest absolute Gasteiger partial charge is 0.490 e. The topological polar surface area (TPSA) is 114 Å². The first-order chi connectivity index (χ1) is 13.8. The molecule has 3 N–H and O–H groups in total. The molecule has 0 aromatic heterocycles. The highest BCUT2D eigenvalue weighted by Crippen LogP contribution is 2.35. The molecule has 29 heavy (non-hydrogen) atoms. The Bertz CT molecular complexity index is 832. The van der Waals surface area contributed by atoms with E-state index in [1.54, 1.807) is 12.1 Å². The van der Waals surface area contributed by atoms with Crippen LogP contribution in [-0.4, -0.2) is 31.1 Å². The Morgan fingerprint density at radius 1 is 1.34 bits per heavy atom. The first-order valence-corrected chi connectivity index (χ1v) is 10.7. The number of carbonyl (C=O) groups excluding carboxylic acids is 2. The summed E-state index contributed by atoms with van der Waals surface area (Å²) in [7, 11) is 0. The third-order valence-electron chi connectivity index (χ3n) is 4.79. The van der Waals surface area contributed by atoms with Crippen LogP contribution >= 0.6 is 22.6 Å². The van der Waals surface area contributed by atoms with Crippen LogP contribution in [0.25, 0.3) is 6.08 Å². The Balaban J connectivity index is 2.26. The molecule has 0 saturated heterocycles. The predicted octanol–water partition coefficient (Wildman–Crippen LogP) is 3.16. The maximum absolute atomic E-state index is 12.6. The van der Waals surface area contributed by atoms with Gasteiger partial charge < -0.3 is 20.5 Å². The summed E-state index contributed by atoms with van der Waals surface area (Å²) in [5.41, 5.74) is 5.82. The Kier molecular flexibility index (Phi) is 8.76. The van der Waals surface area contributed by atoms with E-state index < -0.39 is 5.91 Å². The molecule has 2 rings (SSSR count).